The number of hydrogen-bond acceptors (Lipinski definition) is 0. The molecule has 0 N–H and O–H groups in total. The van der Waals surface area contributed by atoms with E-state index < -0.39 is 0 Å². The first-order valence-corrected chi connectivity index (χ1v) is 7.95. The van der Waals surface area contributed by atoms with Gasteiger partial charge < -0.3 is 0 Å². The minimum Gasteiger partial charge on any atom is -0.214 e. The second kappa shape index (κ2) is 14.1. The second-order valence-corrected chi connectivity index (χ2v) is 5.23. The van der Waals surface area contributed by atoms with Gasteiger partial charge in [0.2, 0.25) is 0 Å². The molecule has 0 radical (unpaired) electrons. The van der Waals surface area contributed by atoms with Gasteiger partial charge in [-0.3, -0.25) is 0 Å². The Morgan fingerprint density at radius 3 is 0.962 bits per heavy atom. The molecule has 26 heavy (non-hydrogen) atoms. The zero-order valence-corrected chi connectivity index (χ0v) is 16.7. The monoisotopic (exact) mass is 422 g/mol. The van der Waals surface area contributed by atoms with Gasteiger partial charge in [-0.1, -0.05) is 0 Å². The molecule has 0 atom stereocenters. The van der Waals surface area contributed by atoms with Crippen LogP contribution in [0.5, 0.6) is 0 Å². The van der Waals surface area contributed by atoms with E-state index in [4.69, 9.17) is 0 Å². The van der Waals surface area contributed by atoms with Crippen molar-refractivity contribution in [2.24, 2.45) is 0 Å². The van der Waals surface area contributed by atoms with Crippen LogP contribution in [0.3, 0.4) is 0 Å². The SMILES string of the molecule is C=C(C(=C)[c-]1cccc1)[c-]1cccc1.[Fe+2].[Fe+2].c1cc[cH-]c1.c1cc[cH-]c1. The van der Waals surface area contributed by atoms with Crippen molar-refractivity contribution in [2.75, 3.05) is 0 Å². The summed E-state index contributed by atoms with van der Waals surface area (Å²) >= 11 is 0. The molecule has 0 bridgehead atoms. The van der Waals surface area contributed by atoms with E-state index >= 15 is 0 Å². The fourth-order valence-electron chi connectivity index (χ4n) is 2.14. The van der Waals surface area contributed by atoms with E-state index in [0.29, 0.717) is 0 Å². The van der Waals surface area contributed by atoms with Gasteiger partial charge in [-0.25, -0.2) is 24.3 Å². The van der Waals surface area contributed by atoms with Crippen LogP contribution < -0.4 is 0 Å². The summed E-state index contributed by atoms with van der Waals surface area (Å²) in [5, 5.41) is 0. The third kappa shape index (κ3) is 8.34. The molecular formula is C24H22Fe2. The number of hydrogen-bond donors (Lipinski definition) is 0. The van der Waals surface area contributed by atoms with Gasteiger partial charge in [-0.15, -0.1) is 35.4 Å². The zero-order valence-electron chi connectivity index (χ0n) is 14.5. The summed E-state index contributed by atoms with van der Waals surface area (Å²) in [7, 11) is 0. The summed E-state index contributed by atoms with van der Waals surface area (Å²) in [4.78, 5) is 0. The molecule has 134 valence electrons. The van der Waals surface area contributed by atoms with Crippen molar-refractivity contribution in [1.29, 1.82) is 0 Å². The average Bonchev–Trinajstić information content (AvgIpc) is 3.41. The molecule has 4 rings (SSSR count). The zero-order chi connectivity index (χ0) is 17.0. The molecule has 0 fully saturated rings. The van der Waals surface area contributed by atoms with E-state index in [1.165, 1.54) is 0 Å². The molecule has 0 saturated carbocycles. The average molecular weight is 422 g/mol. The molecule has 0 heterocycles. The molecule has 4 aromatic rings. The molecule has 0 amide bonds. The molecule has 0 saturated heterocycles. The minimum absolute atomic E-state index is 0. The molecule has 0 nitrogen and oxygen atoms in total. The van der Waals surface area contributed by atoms with E-state index in [9.17, 15) is 0 Å². The summed E-state index contributed by atoms with van der Waals surface area (Å²) < 4.78 is 0. The standard InChI is InChI=1S/C14H12.2C5H5.2Fe/c1-11(13-7-3-4-8-13)12(2)14-9-5-6-10-14;2*1-2-4-5-3-1;;/h3-10H,1-2H2;2*1-5H;;/q-2;2*-1;2*+2. The van der Waals surface area contributed by atoms with E-state index in [1.807, 2.05) is 84.9 Å². The van der Waals surface area contributed by atoms with Crippen LogP contribution in [0, 0.1) is 0 Å². The van der Waals surface area contributed by atoms with E-state index in [0.717, 1.165) is 22.3 Å². The fraction of sp³-hybridized carbons (Fsp3) is 0. The Kier molecular flexibility index (Phi) is 13.0. The fourth-order valence-corrected chi connectivity index (χ4v) is 2.14. The Bertz CT molecular complexity index is 664. The van der Waals surface area contributed by atoms with Crippen LogP contribution in [-0.4, -0.2) is 0 Å². The van der Waals surface area contributed by atoms with Gasteiger partial charge in [0.1, 0.15) is 0 Å². The maximum absolute atomic E-state index is 4.05. The Morgan fingerprint density at radius 1 is 0.500 bits per heavy atom. The Hall–Kier alpha value is -2.08. The van der Waals surface area contributed by atoms with Crippen molar-refractivity contribution in [1.82, 2.24) is 0 Å². The minimum atomic E-state index is 0. The van der Waals surface area contributed by atoms with Gasteiger partial charge in [0, 0.05) is 0 Å². The van der Waals surface area contributed by atoms with Crippen LogP contribution in [0.4, 0.5) is 0 Å². The van der Waals surface area contributed by atoms with Gasteiger partial charge in [-0.05, 0) is 0 Å². The Labute approximate surface area is 178 Å². The van der Waals surface area contributed by atoms with Gasteiger partial charge in [-0.2, -0.15) is 85.0 Å². The molecule has 0 aliphatic heterocycles. The maximum Gasteiger partial charge on any atom is 2.00 e. The van der Waals surface area contributed by atoms with Crippen LogP contribution in [0.15, 0.2) is 122 Å². The third-order valence-electron chi connectivity index (χ3n) is 3.50. The van der Waals surface area contributed by atoms with Gasteiger partial charge in [0.25, 0.3) is 0 Å². The molecule has 0 unspecified atom stereocenters. The van der Waals surface area contributed by atoms with Crippen LogP contribution in [-0.2, 0) is 34.1 Å². The smallest absolute Gasteiger partial charge is 0.214 e. The predicted molar refractivity (Wildman–Crippen MR) is 106 cm³/mol. The maximum atomic E-state index is 4.05. The number of allylic oxidation sites excluding steroid dienone is 2. The largest absolute Gasteiger partial charge is 2.00 e. The Morgan fingerprint density at radius 2 is 0.769 bits per heavy atom. The predicted octanol–water partition coefficient (Wildman–Crippen LogP) is 6.66. The normalized spacial score (nSPS) is 8.46. The summed E-state index contributed by atoms with van der Waals surface area (Å²) in [6.07, 6.45) is 0. The van der Waals surface area contributed by atoms with Crippen LogP contribution in [0.1, 0.15) is 11.1 Å². The molecule has 2 heteroatoms. The number of rotatable bonds is 3. The van der Waals surface area contributed by atoms with Gasteiger partial charge in [0.15, 0.2) is 0 Å². The van der Waals surface area contributed by atoms with Crippen molar-refractivity contribution < 1.29 is 34.1 Å². The van der Waals surface area contributed by atoms with E-state index in [1.54, 1.807) is 0 Å². The van der Waals surface area contributed by atoms with Crippen molar-refractivity contribution >= 4 is 11.1 Å². The van der Waals surface area contributed by atoms with Crippen molar-refractivity contribution in [3.8, 4) is 0 Å². The van der Waals surface area contributed by atoms with Gasteiger partial charge >= 0.3 is 34.1 Å². The first-order valence-electron chi connectivity index (χ1n) is 7.95. The third-order valence-corrected chi connectivity index (χ3v) is 3.50. The second-order valence-electron chi connectivity index (χ2n) is 5.23. The summed E-state index contributed by atoms with van der Waals surface area (Å²) in [5.41, 5.74) is 4.30. The van der Waals surface area contributed by atoms with Gasteiger partial charge in [0.05, 0.1) is 0 Å². The molecule has 0 spiro atoms. The van der Waals surface area contributed by atoms with E-state index in [-0.39, 0.29) is 34.1 Å². The van der Waals surface area contributed by atoms with Crippen LogP contribution in [0.2, 0.25) is 0 Å². The quantitative estimate of drug-likeness (QED) is 0.197. The Balaban J connectivity index is 0.000000432. The van der Waals surface area contributed by atoms with E-state index in [2.05, 4.69) is 37.4 Å². The first-order chi connectivity index (χ1) is 11.8. The molecule has 0 aromatic heterocycles. The molecule has 0 aliphatic rings. The van der Waals surface area contributed by atoms with Crippen molar-refractivity contribution in [3.63, 3.8) is 0 Å². The van der Waals surface area contributed by atoms with Crippen LogP contribution >= 0.6 is 0 Å². The summed E-state index contributed by atoms with van der Waals surface area (Å²) in [5.74, 6) is 0. The summed E-state index contributed by atoms with van der Waals surface area (Å²) in [6.45, 7) is 8.11. The molecule has 0 aliphatic carbocycles. The molecular weight excluding hydrogens is 400 g/mol. The molecule has 4 aromatic carbocycles. The first kappa shape index (κ1) is 23.9. The van der Waals surface area contributed by atoms with Crippen LogP contribution in [0.25, 0.3) is 11.1 Å². The summed E-state index contributed by atoms with van der Waals surface area (Å²) in [6, 6.07) is 36.3. The van der Waals surface area contributed by atoms with Crippen molar-refractivity contribution in [2.45, 2.75) is 0 Å². The van der Waals surface area contributed by atoms with Crippen molar-refractivity contribution in [3.05, 3.63) is 133 Å². The topological polar surface area (TPSA) is 0 Å².